The largest absolute Gasteiger partial charge is 0.356 e. The average molecular weight is 262 g/mol. The fourth-order valence-electron chi connectivity index (χ4n) is 3.00. The molecule has 1 aromatic carbocycles. The average Bonchev–Trinajstić information content (AvgIpc) is 2.47. The maximum Gasteiger partial charge on any atom is 0.157 e. The summed E-state index contributed by atoms with van der Waals surface area (Å²) in [5, 5.41) is 0. The molecule has 1 aromatic rings. The minimum Gasteiger partial charge on any atom is -0.356 e. The van der Waals surface area contributed by atoms with Crippen LogP contribution < -0.4 is 0 Å². The molecule has 3 nitrogen and oxygen atoms in total. The summed E-state index contributed by atoms with van der Waals surface area (Å²) in [5.74, 6) is 0.663. The molecule has 3 heteroatoms. The van der Waals surface area contributed by atoms with E-state index in [0.717, 1.165) is 12.8 Å². The van der Waals surface area contributed by atoms with Crippen LogP contribution in [0.1, 0.15) is 37.2 Å². The number of ketones is 1. The fourth-order valence-corrected chi connectivity index (χ4v) is 3.00. The van der Waals surface area contributed by atoms with Gasteiger partial charge in [-0.1, -0.05) is 30.3 Å². The molecule has 1 fully saturated rings. The van der Waals surface area contributed by atoms with Crippen LogP contribution in [0.3, 0.4) is 0 Å². The Labute approximate surface area is 114 Å². The minimum absolute atomic E-state index is 0.0149. The van der Waals surface area contributed by atoms with Gasteiger partial charge in [-0.25, -0.2) is 0 Å². The zero-order valence-corrected chi connectivity index (χ0v) is 11.7. The van der Waals surface area contributed by atoms with Crippen molar-refractivity contribution in [3.63, 3.8) is 0 Å². The topological polar surface area (TPSA) is 35.5 Å². The van der Waals surface area contributed by atoms with E-state index in [1.54, 1.807) is 14.2 Å². The molecule has 0 spiro atoms. The molecule has 0 radical (unpaired) electrons. The van der Waals surface area contributed by atoms with Gasteiger partial charge in [0.25, 0.3) is 0 Å². The number of Topliss-reactive ketones (excluding diaryl/α,β-unsaturated/α-hetero) is 1. The molecule has 2 rings (SSSR count). The number of carbonyl (C=O) groups excluding carboxylic acids is 1. The number of methoxy groups -OCH3 is 2. The molecule has 2 unspecified atom stereocenters. The summed E-state index contributed by atoms with van der Waals surface area (Å²) in [6.45, 7) is 0. The van der Waals surface area contributed by atoms with Gasteiger partial charge < -0.3 is 9.47 Å². The number of hydrogen-bond donors (Lipinski definition) is 0. The first-order valence-electron chi connectivity index (χ1n) is 6.89. The van der Waals surface area contributed by atoms with Crippen molar-refractivity contribution < 1.29 is 14.3 Å². The van der Waals surface area contributed by atoms with Crippen molar-refractivity contribution in [2.24, 2.45) is 5.92 Å². The summed E-state index contributed by atoms with van der Waals surface area (Å²) in [5.41, 5.74) is 1.26. The van der Waals surface area contributed by atoms with E-state index in [2.05, 4.69) is 12.1 Å². The molecule has 2 atom stereocenters. The highest BCUT2D eigenvalue weighted by atomic mass is 16.7. The van der Waals surface area contributed by atoms with Crippen molar-refractivity contribution >= 4 is 5.78 Å². The molecule has 0 saturated heterocycles. The van der Waals surface area contributed by atoms with Gasteiger partial charge in [0.05, 0.1) is 0 Å². The number of rotatable bonds is 5. The number of hydrogen-bond acceptors (Lipinski definition) is 3. The Morgan fingerprint density at radius 3 is 2.53 bits per heavy atom. The second kappa shape index (κ2) is 6.83. The van der Waals surface area contributed by atoms with Crippen molar-refractivity contribution in [3.05, 3.63) is 35.9 Å². The summed E-state index contributed by atoms with van der Waals surface area (Å²) >= 11 is 0. The first-order valence-corrected chi connectivity index (χ1v) is 6.89. The van der Waals surface area contributed by atoms with Crippen LogP contribution in [0.4, 0.5) is 0 Å². The highest BCUT2D eigenvalue weighted by Gasteiger charge is 2.34. The molecule has 0 N–H and O–H groups in total. The summed E-state index contributed by atoms with van der Waals surface area (Å²) in [6, 6.07) is 10.3. The van der Waals surface area contributed by atoms with Crippen molar-refractivity contribution in [2.75, 3.05) is 14.2 Å². The van der Waals surface area contributed by atoms with Crippen LogP contribution in [0.2, 0.25) is 0 Å². The lowest BCUT2D eigenvalue weighted by molar-refractivity contribution is -0.138. The van der Waals surface area contributed by atoms with Crippen molar-refractivity contribution in [1.82, 2.24) is 0 Å². The summed E-state index contributed by atoms with van der Waals surface area (Å²) in [7, 11) is 3.25. The normalized spacial score (nSPS) is 23.8. The van der Waals surface area contributed by atoms with Gasteiger partial charge in [0.1, 0.15) is 5.78 Å². The van der Waals surface area contributed by atoms with Gasteiger partial charge in [-0.2, -0.15) is 0 Å². The third-order valence-corrected chi connectivity index (χ3v) is 4.04. The van der Waals surface area contributed by atoms with E-state index in [1.165, 1.54) is 5.56 Å². The Morgan fingerprint density at radius 1 is 1.21 bits per heavy atom. The van der Waals surface area contributed by atoms with Crippen molar-refractivity contribution in [1.29, 1.82) is 0 Å². The van der Waals surface area contributed by atoms with Gasteiger partial charge >= 0.3 is 0 Å². The Balaban J connectivity index is 2.17. The quantitative estimate of drug-likeness (QED) is 0.765. The van der Waals surface area contributed by atoms with E-state index < -0.39 is 0 Å². The Hall–Kier alpha value is -1.19. The van der Waals surface area contributed by atoms with Crippen LogP contribution >= 0.6 is 0 Å². The number of carbonyl (C=O) groups is 1. The molecule has 104 valence electrons. The van der Waals surface area contributed by atoms with Gasteiger partial charge in [-0.15, -0.1) is 0 Å². The zero-order chi connectivity index (χ0) is 13.7. The Bertz CT molecular complexity index is 398. The molecular formula is C16H22O3. The van der Waals surface area contributed by atoms with E-state index >= 15 is 0 Å². The van der Waals surface area contributed by atoms with Crippen LogP contribution in [0.15, 0.2) is 30.3 Å². The lowest BCUT2D eigenvalue weighted by Crippen LogP contribution is -2.31. The van der Waals surface area contributed by atoms with Crippen LogP contribution in [0.25, 0.3) is 0 Å². The van der Waals surface area contributed by atoms with Crippen LogP contribution in [0.5, 0.6) is 0 Å². The summed E-state index contributed by atoms with van der Waals surface area (Å²) in [6.07, 6.45) is 3.10. The monoisotopic (exact) mass is 262 g/mol. The van der Waals surface area contributed by atoms with Crippen molar-refractivity contribution in [2.45, 2.75) is 37.9 Å². The third-order valence-electron chi connectivity index (χ3n) is 4.04. The molecule has 0 aromatic heterocycles. The predicted molar refractivity (Wildman–Crippen MR) is 74.0 cm³/mol. The van der Waals surface area contributed by atoms with Crippen LogP contribution in [-0.2, 0) is 14.3 Å². The van der Waals surface area contributed by atoms with E-state index in [9.17, 15) is 4.79 Å². The molecule has 19 heavy (non-hydrogen) atoms. The predicted octanol–water partition coefficient (Wildman–Crippen LogP) is 3.15. The van der Waals surface area contributed by atoms with Crippen molar-refractivity contribution in [3.8, 4) is 0 Å². The zero-order valence-electron chi connectivity index (χ0n) is 11.7. The second-order valence-corrected chi connectivity index (χ2v) is 5.12. The first-order chi connectivity index (χ1) is 9.26. The number of ether oxygens (including phenoxy) is 2. The molecular weight excluding hydrogens is 240 g/mol. The van der Waals surface area contributed by atoms with Crippen LogP contribution in [0, 0.1) is 5.92 Å². The lowest BCUT2D eigenvalue weighted by Gasteiger charge is -2.32. The molecule has 0 heterocycles. The fraction of sp³-hybridized carbons (Fsp3) is 0.562. The third kappa shape index (κ3) is 3.43. The summed E-state index contributed by atoms with van der Waals surface area (Å²) in [4.78, 5) is 12.2. The number of benzene rings is 1. The highest BCUT2D eigenvalue weighted by molar-refractivity contribution is 5.82. The molecule has 1 saturated carbocycles. The van der Waals surface area contributed by atoms with E-state index in [-0.39, 0.29) is 12.2 Å². The van der Waals surface area contributed by atoms with Gasteiger partial charge in [-0.3, -0.25) is 4.79 Å². The maximum atomic E-state index is 12.2. The molecule has 0 amide bonds. The lowest BCUT2D eigenvalue weighted by atomic mass is 9.73. The van der Waals surface area contributed by atoms with Gasteiger partial charge in [0.2, 0.25) is 0 Å². The minimum atomic E-state index is -0.293. The smallest absolute Gasteiger partial charge is 0.157 e. The molecule has 0 aliphatic heterocycles. The first kappa shape index (κ1) is 14.2. The van der Waals surface area contributed by atoms with Crippen LogP contribution in [-0.4, -0.2) is 26.3 Å². The molecule has 0 bridgehead atoms. The molecule has 1 aliphatic carbocycles. The van der Waals surface area contributed by atoms with Gasteiger partial charge in [-0.05, 0) is 24.3 Å². The van der Waals surface area contributed by atoms with E-state index in [4.69, 9.17) is 9.47 Å². The SMILES string of the molecule is COC(CC1C(=O)CCCC1c1ccccc1)OC. The standard InChI is InChI=1S/C16H22O3/c1-18-16(19-2)11-14-13(9-6-10-15(14)17)12-7-4-3-5-8-12/h3-5,7-8,13-14,16H,6,9-11H2,1-2H3. The second-order valence-electron chi connectivity index (χ2n) is 5.12. The van der Waals surface area contributed by atoms with Gasteiger partial charge in [0.15, 0.2) is 6.29 Å². The van der Waals surface area contributed by atoms with E-state index in [1.807, 2.05) is 18.2 Å². The molecule has 1 aliphatic rings. The van der Waals surface area contributed by atoms with Gasteiger partial charge in [0, 0.05) is 33.0 Å². The summed E-state index contributed by atoms with van der Waals surface area (Å²) < 4.78 is 10.5. The maximum absolute atomic E-state index is 12.2. The highest BCUT2D eigenvalue weighted by Crippen LogP contribution is 2.38. The Kier molecular flexibility index (Phi) is 5.11. The van der Waals surface area contributed by atoms with E-state index in [0.29, 0.717) is 24.5 Å². The Morgan fingerprint density at radius 2 is 1.89 bits per heavy atom.